The van der Waals surface area contributed by atoms with Gasteiger partial charge in [0, 0.05) is 0 Å². The summed E-state index contributed by atoms with van der Waals surface area (Å²) in [7, 11) is 0. The van der Waals surface area contributed by atoms with Gasteiger partial charge in [0.15, 0.2) is 11.5 Å². The SMILES string of the molecule is CC12CCC(CC1)C2(C)C(=O)O.Cc1cc(O)c(O)cc1C(=O)O. The molecule has 0 amide bonds. The zero-order chi connectivity index (χ0) is 18.3. The number of carboxylic acids is 2. The fourth-order valence-corrected chi connectivity index (χ4v) is 4.19. The molecule has 0 saturated heterocycles. The van der Waals surface area contributed by atoms with E-state index in [9.17, 15) is 14.7 Å². The van der Waals surface area contributed by atoms with Crippen LogP contribution < -0.4 is 0 Å². The Morgan fingerprint density at radius 1 is 1.04 bits per heavy atom. The largest absolute Gasteiger partial charge is 0.504 e. The van der Waals surface area contributed by atoms with Crippen molar-refractivity contribution in [1.82, 2.24) is 0 Å². The molecule has 2 aliphatic rings. The Morgan fingerprint density at radius 3 is 1.88 bits per heavy atom. The Hall–Kier alpha value is -2.24. The molecule has 0 radical (unpaired) electrons. The monoisotopic (exact) mass is 336 g/mol. The second-order valence-corrected chi connectivity index (χ2v) is 7.30. The van der Waals surface area contributed by atoms with E-state index in [0.29, 0.717) is 11.5 Å². The van der Waals surface area contributed by atoms with E-state index in [2.05, 4.69) is 6.92 Å². The van der Waals surface area contributed by atoms with E-state index in [1.807, 2.05) is 6.92 Å². The summed E-state index contributed by atoms with van der Waals surface area (Å²) in [5, 5.41) is 35.7. The smallest absolute Gasteiger partial charge is 0.336 e. The van der Waals surface area contributed by atoms with Crippen molar-refractivity contribution in [2.24, 2.45) is 16.7 Å². The van der Waals surface area contributed by atoms with Crippen LogP contribution in [0.15, 0.2) is 12.1 Å². The number of hydrogen-bond donors (Lipinski definition) is 4. The quantitative estimate of drug-likeness (QED) is 0.615. The highest BCUT2D eigenvalue weighted by atomic mass is 16.4. The van der Waals surface area contributed by atoms with E-state index in [0.717, 1.165) is 31.7 Å². The average molecular weight is 336 g/mol. The number of phenols is 2. The predicted octanol–water partition coefficient (Wildman–Crippen LogP) is 3.39. The van der Waals surface area contributed by atoms with Crippen molar-refractivity contribution in [3.05, 3.63) is 23.3 Å². The molecule has 3 rings (SSSR count). The highest BCUT2D eigenvalue weighted by Gasteiger charge is 2.63. The minimum atomic E-state index is -1.12. The fraction of sp³-hybridized carbons (Fsp3) is 0.556. The minimum absolute atomic E-state index is 0.00898. The lowest BCUT2D eigenvalue weighted by Crippen LogP contribution is -2.38. The number of fused-ring (bicyclic) bond motifs is 2. The Bertz CT molecular complexity index is 672. The summed E-state index contributed by atoms with van der Waals surface area (Å²) in [4.78, 5) is 21.7. The lowest BCUT2D eigenvalue weighted by molar-refractivity contribution is -0.154. The Balaban J connectivity index is 0.000000174. The Kier molecular flexibility index (Phi) is 4.52. The number of aromatic hydroxyl groups is 2. The first kappa shape index (κ1) is 18.1. The van der Waals surface area contributed by atoms with Gasteiger partial charge in [-0.25, -0.2) is 4.79 Å². The number of rotatable bonds is 2. The molecule has 0 heterocycles. The molecule has 1 aromatic carbocycles. The lowest BCUT2D eigenvalue weighted by atomic mass is 9.69. The maximum atomic E-state index is 11.2. The summed E-state index contributed by atoms with van der Waals surface area (Å²) in [6, 6.07) is 2.23. The number of aliphatic carboxylic acids is 1. The molecular formula is C18H24O6. The third kappa shape index (κ3) is 2.70. The van der Waals surface area contributed by atoms with Crippen LogP contribution in [0.25, 0.3) is 0 Å². The molecule has 0 aliphatic heterocycles. The number of hydrogen-bond acceptors (Lipinski definition) is 4. The number of aryl methyl sites for hydroxylation is 1. The van der Waals surface area contributed by atoms with E-state index in [1.54, 1.807) is 6.92 Å². The molecule has 2 aliphatic carbocycles. The first-order valence-corrected chi connectivity index (χ1v) is 8.02. The summed E-state index contributed by atoms with van der Waals surface area (Å²) in [5.41, 5.74) is 0.0688. The molecule has 2 bridgehead atoms. The van der Waals surface area contributed by atoms with Crippen LogP contribution in [0, 0.1) is 23.7 Å². The zero-order valence-electron chi connectivity index (χ0n) is 14.2. The van der Waals surface area contributed by atoms with Gasteiger partial charge in [-0.05, 0) is 68.6 Å². The highest BCUT2D eigenvalue weighted by Crippen LogP contribution is 2.65. The van der Waals surface area contributed by atoms with Gasteiger partial charge in [-0.2, -0.15) is 0 Å². The fourth-order valence-electron chi connectivity index (χ4n) is 4.19. The molecule has 6 heteroatoms. The number of benzene rings is 1. The first-order valence-electron chi connectivity index (χ1n) is 8.02. The van der Waals surface area contributed by atoms with E-state index < -0.39 is 23.1 Å². The van der Waals surface area contributed by atoms with E-state index >= 15 is 0 Å². The number of carboxylic acid groups (broad SMARTS) is 2. The van der Waals surface area contributed by atoms with Gasteiger partial charge < -0.3 is 20.4 Å². The molecule has 1 atom stereocenters. The molecule has 6 nitrogen and oxygen atoms in total. The number of carbonyl (C=O) groups is 2. The number of phenolic OH excluding ortho intramolecular Hbond substituents is 2. The Labute approximate surface area is 140 Å². The lowest BCUT2D eigenvalue weighted by Gasteiger charge is -2.33. The molecule has 0 aromatic heterocycles. The topological polar surface area (TPSA) is 115 Å². The zero-order valence-corrected chi connectivity index (χ0v) is 14.2. The number of aromatic carboxylic acids is 1. The third-order valence-electron chi connectivity index (χ3n) is 6.16. The van der Waals surface area contributed by atoms with Gasteiger partial charge in [-0.3, -0.25) is 4.79 Å². The predicted molar refractivity (Wildman–Crippen MR) is 87.3 cm³/mol. The molecule has 2 saturated carbocycles. The van der Waals surface area contributed by atoms with Gasteiger partial charge in [0.25, 0.3) is 0 Å². The van der Waals surface area contributed by atoms with Crippen molar-refractivity contribution in [2.45, 2.75) is 46.5 Å². The summed E-state index contributed by atoms with van der Waals surface area (Å²) in [6.07, 6.45) is 4.47. The highest BCUT2D eigenvalue weighted by molar-refractivity contribution is 5.90. The van der Waals surface area contributed by atoms with Gasteiger partial charge in [-0.1, -0.05) is 6.92 Å². The van der Waals surface area contributed by atoms with Crippen LogP contribution in [0.2, 0.25) is 0 Å². The summed E-state index contributed by atoms with van der Waals surface area (Å²) < 4.78 is 0. The first-order chi connectivity index (χ1) is 11.0. The second-order valence-electron chi connectivity index (χ2n) is 7.30. The third-order valence-corrected chi connectivity index (χ3v) is 6.16. The van der Waals surface area contributed by atoms with Crippen molar-refractivity contribution >= 4 is 11.9 Å². The van der Waals surface area contributed by atoms with Gasteiger partial charge >= 0.3 is 11.9 Å². The van der Waals surface area contributed by atoms with Crippen molar-refractivity contribution in [1.29, 1.82) is 0 Å². The van der Waals surface area contributed by atoms with E-state index in [-0.39, 0.29) is 16.7 Å². The van der Waals surface area contributed by atoms with Crippen LogP contribution in [0.1, 0.15) is 55.5 Å². The van der Waals surface area contributed by atoms with Gasteiger partial charge in [0.1, 0.15) is 0 Å². The summed E-state index contributed by atoms with van der Waals surface area (Å²) in [5.74, 6) is -1.98. The van der Waals surface area contributed by atoms with E-state index in [1.165, 1.54) is 6.07 Å². The molecular weight excluding hydrogens is 312 g/mol. The van der Waals surface area contributed by atoms with Gasteiger partial charge in [-0.15, -0.1) is 0 Å². The summed E-state index contributed by atoms with van der Waals surface area (Å²) in [6.45, 7) is 5.64. The Morgan fingerprint density at radius 2 is 1.54 bits per heavy atom. The van der Waals surface area contributed by atoms with Crippen LogP contribution in [0.5, 0.6) is 11.5 Å². The molecule has 1 unspecified atom stereocenters. The van der Waals surface area contributed by atoms with Crippen LogP contribution in [-0.2, 0) is 4.79 Å². The van der Waals surface area contributed by atoms with Gasteiger partial charge in [0.05, 0.1) is 11.0 Å². The molecule has 4 N–H and O–H groups in total. The van der Waals surface area contributed by atoms with Crippen molar-refractivity contribution in [3.63, 3.8) is 0 Å². The van der Waals surface area contributed by atoms with Crippen molar-refractivity contribution < 1.29 is 30.0 Å². The normalized spacial score (nSPS) is 30.5. The maximum absolute atomic E-state index is 11.2. The average Bonchev–Trinajstić information content (AvgIpc) is 2.90. The molecule has 1 aromatic rings. The standard InChI is InChI=1S/C10H16O2.C8H8O4/c1-9-5-3-7(4-6-9)10(9,2)8(11)12;1-4-2-6(9)7(10)3-5(4)8(11)12/h7H,3-6H2,1-2H3,(H,11,12);2-3,9-10H,1H3,(H,11,12). The summed E-state index contributed by atoms with van der Waals surface area (Å²) >= 11 is 0. The van der Waals surface area contributed by atoms with Crippen LogP contribution in [-0.4, -0.2) is 32.4 Å². The second kappa shape index (κ2) is 6.00. The maximum Gasteiger partial charge on any atom is 0.336 e. The minimum Gasteiger partial charge on any atom is -0.504 e. The van der Waals surface area contributed by atoms with Crippen molar-refractivity contribution in [3.8, 4) is 11.5 Å². The molecule has 0 spiro atoms. The molecule has 2 fully saturated rings. The molecule has 24 heavy (non-hydrogen) atoms. The van der Waals surface area contributed by atoms with Crippen LogP contribution in [0.3, 0.4) is 0 Å². The van der Waals surface area contributed by atoms with E-state index in [4.69, 9.17) is 15.3 Å². The molecule has 132 valence electrons. The van der Waals surface area contributed by atoms with Crippen LogP contribution >= 0.6 is 0 Å². The van der Waals surface area contributed by atoms with Gasteiger partial charge in [0.2, 0.25) is 0 Å². The van der Waals surface area contributed by atoms with Crippen LogP contribution in [0.4, 0.5) is 0 Å². The van der Waals surface area contributed by atoms with Crippen molar-refractivity contribution in [2.75, 3.05) is 0 Å².